The topological polar surface area (TPSA) is 49.4 Å². The Morgan fingerprint density at radius 1 is 1.38 bits per heavy atom. The first kappa shape index (κ1) is 13.2. The molecule has 1 heterocycles. The maximum absolute atomic E-state index is 11.8. The number of likely N-dealkylation sites (N-methyl/N-ethyl adjacent to an activating group) is 1. The number of hydrogen-bond acceptors (Lipinski definition) is 3. The molecule has 4 heteroatoms. The van der Waals surface area contributed by atoms with Gasteiger partial charge in [0.1, 0.15) is 0 Å². The zero-order chi connectivity index (χ0) is 12.1. The van der Waals surface area contributed by atoms with Gasteiger partial charge in [-0.25, -0.2) is 0 Å². The number of amides is 2. The Hall–Kier alpha value is -0.900. The summed E-state index contributed by atoms with van der Waals surface area (Å²) in [6.07, 6.45) is 3.48. The van der Waals surface area contributed by atoms with Gasteiger partial charge in [0.15, 0.2) is 0 Å². The molecule has 1 fully saturated rings. The van der Waals surface area contributed by atoms with Crippen LogP contribution in [-0.2, 0) is 9.59 Å². The predicted molar refractivity (Wildman–Crippen MR) is 62.9 cm³/mol. The van der Waals surface area contributed by atoms with Crippen LogP contribution < -0.4 is 5.32 Å². The summed E-state index contributed by atoms with van der Waals surface area (Å²) >= 11 is 0. The molecular weight excluding hydrogens is 204 g/mol. The lowest BCUT2D eigenvalue weighted by atomic mass is 10.1. The second-order valence-corrected chi connectivity index (χ2v) is 4.29. The van der Waals surface area contributed by atoms with E-state index in [4.69, 9.17) is 0 Å². The van der Waals surface area contributed by atoms with Crippen molar-refractivity contribution in [3.05, 3.63) is 0 Å². The molecule has 0 spiro atoms. The highest BCUT2D eigenvalue weighted by atomic mass is 16.2. The van der Waals surface area contributed by atoms with E-state index >= 15 is 0 Å². The maximum Gasteiger partial charge on any atom is 0.246 e. The van der Waals surface area contributed by atoms with Gasteiger partial charge in [0.2, 0.25) is 11.8 Å². The summed E-state index contributed by atoms with van der Waals surface area (Å²) in [4.78, 5) is 24.7. The van der Waals surface area contributed by atoms with Crippen LogP contribution in [0.3, 0.4) is 0 Å². The van der Waals surface area contributed by atoms with E-state index in [9.17, 15) is 9.59 Å². The highest BCUT2D eigenvalue weighted by Crippen LogP contribution is 2.14. The SMILES string of the molecule is CCCC(CC)NC1CC(=O)N(CC)C1=O. The van der Waals surface area contributed by atoms with Crippen molar-refractivity contribution in [3.63, 3.8) is 0 Å². The number of nitrogens with zero attached hydrogens (tertiary/aromatic N) is 1. The Morgan fingerprint density at radius 2 is 2.06 bits per heavy atom. The minimum atomic E-state index is -0.288. The van der Waals surface area contributed by atoms with Crippen LogP contribution in [0, 0.1) is 0 Å². The van der Waals surface area contributed by atoms with E-state index in [0.717, 1.165) is 19.3 Å². The molecule has 0 aromatic rings. The van der Waals surface area contributed by atoms with Crippen molar-refractivity contribution >= 4 is 11.8 Å². The van der Waals surface area contributed by atoms with E-state index in [1.54, 1.807) is 0 Å². The average molecular weight is 226 g/mol. The molecule has 16 heavy (non-hydrogen) atoms. The number of rotatable bonds is 6. The Morgan fingerprint density at radius 3 is 2.50 bits per heavy atom. The normalized spacial score (nSPS) is 22.9. The van der Waals surface area contributed by atoms with Crippen LogP contribution in [0.2, 0.25) is 0 Å². The molecule has 2 atom stereocenters. The third-order valence-electron chi connectivity index (χ3n) is 3.13. The van der Waals surface area contributed by atoms with E-state index in [1.165, 1.54) is 4.90 Å². The zero-order valence-corrected chi connectivity index (χ0v) is 10.5. The number of carbonyl (C=O) groups is 2. The number of likely N-dealkylation sites (tertiary alicyclic amines) is 1. The van der Waals surface area contributed by atoms with Crippen molar-refractivity contribution in [3.8, 4) is 0 Å². The van der Waals surface area contributed by atoms with E-state index in [0.29, 0.717) is 19.0 Å². The number of nitrogens with one attached hydrogen (secondary N) is 1. The summed E-state index contributed by atoms with van der Waals surface area (Å²) in [7, 11) is 0. The molecule has 0 aliphatic carbocycles. The van der Waals surface area contributed by atoms with Crippen molar-refractivity contribution < 1.29 is 9.59 Å². The van der Waals surface area contributed by atoms with Gasteiger partial charge in [0.05, 0.1) is 12.5 Å². The van der Waals surface area contributed by atoms with Gasteiger partial charge in [-0.3, -0.25) is 14.5 Å². The molecule has 0 aromatic carbocycles. The van der Waals surface area contributed by atoms with Gasteiger partial charge in [-0.15, -0.1) is 0 Å². The number of imide groups is 1. The summed E-state index contributed by atoms with van der Waals surface area (Å²) in [5.41, 5.74) is 0. The van der Waals surface area contributed by atoms with Gasteiger partial charge < -0.3 is 5.32 Å². The first-order chi connectivity index (χ1) is 7.63. The molecule has 2 unspecified atom stereocenters. The summed E-state index contributed by atoms with van der Waals surface area (Å²) < 4.78 is 0. The van der Waals surface area contributed by atoms with Gasteiger partial charge in [0.25, 0.3) is 0 Å². The van der Waals surface area contributed by atoms with E-state index in [2.05, 4.69) is 19.2 Å². The lowest BCUT2D eigenvalue weighted by Gasteiger charge is -2.20. The van der Waals surface area contributed by atoms with Gasteiger partial charge in [-0.1, -0.05) is 20.3 Å². The number of hydrogen-bond donors (Lipinski definition) is 1. The molecule has 4 nitrogen and oxygen atoms in total. The number of carbonyl (C=O) groups excluding carboxylic acids is 2. The van der Waals surface area contributed by atoms with Gasteiger partial charge in [-0.05, 0) is 19.8 Å². The summed E-state index contributed by atoms with van der Waals surface area (Å²) in [5, 5.41) is 3.30. The molecule has 1 aliphatic heterocycles. The third-order valence-corrected chi connectivity index (χ3v) is 3.13. The lowest BCUT2D eigenvalue weighted by molar-refractivity contribution is -0.138. The molecule has 1 N–H and O–H groups in total. The van der Waals surface area contributed by atoms with Crippen LogP contribution in [0.15, 0.2) is 0 Å². The second-order valence-electron chi connectivity index (χ2n) is 4.29. The summed E-state index contributed by atoms with van der Waals surface area (Å²) in [5.74, 6) is -0.0987. The van der Waals surface area contributed by atoms with Gasteiger partial charge in [0, 0.05) is 12.6 Å². The molecule has 0 radical (unpaired) electrons. The second kappa shape index (κ2) is 5.99. The van der Waals surface area contributed by atoms with Crippen LogP contribution >= 0.6 is 0 Å². The molecule has 2 amide bonds. The van der Waals surface area contributed by atoms with Gasteiger partial charge >= 0.3 is 0 Å². The van der Waals surface area contributed by atoms with Crippen LogP contribution in [0.25, 0.3) is 0 Å². The highest BCUT2D eigenvalue weighted by molar-refractivity contribution is 6.05. The smallest absolute Gasteiger partial charge is 0.246 e. The molecule has 0 saturated carbocycles. The molecule has 1 rings (SSSR count). The summed E-state index contributed by atoms with van der Waals surface area (Å²) in [6, 6.07) is 0.0625. The Bertz CT molecular complexity index is 266. The quantitative estimate of drug-likeness (QED) is 0.695. The molecule has 1 saturated heterocycles. The van der Waals surface area contributed by atoms with E-state index < -0.39 is 0 Å². The Balaban J connectivity index is 2.55. The molecule has 92 valence electrons. The first-order valence-electron chi connectivity index (χ1n) is 6.24. The van der Waals surface area contributed by atoms with E-state index in [1.807, 2.05) is 6.92 Å². The standard InChI is InChI=1S/C12H22N2O2/c1-4-7-9(5-2)13-10-8-11(15)14(6-3)12(10)16/h9-10,13H,4-8H2,1-3H3. The maximum atomic E-state index is 11.8. The largest absolute Gasteiger partial charge is 0.303 e. The average Bonchev–Trinajstić information content (AvgIpc) is 2.53. The highest BCUT2D eigenvalue weighted by Gasteiger charge is 2.37. The van der Waals surface area contributed by atoms with Crippen molar-refractivity contribution in [1.82, 2.24) is 10.2 Å². The molecule has 1 aliphatic rings. The fraction of sp³-hybridized carbons (Fsp3) is 0.833. The predicted octanol–water partition coefficient (Wildman–Crippen LogP) is 1.30. The van der Waals surface area contributed by atoms with E-state index in [-0.39, 0.29) is 17.9 Å². The fourth-order valence-corrected chi connectivity index (χ4v) is 2.18. The lowest BCUT2D eigenvalue weighted by Crippen LogP contribution is -2.43. The van der Waals surface area contributed by atoms with Crippen molar-refractivity contribution in [2.75, 3.05) is 6.54 Å². The zero-order valence-electron chi connectivity index (χ0n) is 10.5. The van der Waals surface area contributed by atoms with Crippen molar-refractivity contribution in [1.29, 1.82) is 0 Å². The van der Waals surface area contributed by atoms with Crippen molar-refractivity contribution in [2.24, 2.45) is 0 Å². The van der Waals surface area contributed by atoms with Crippen molar-refractivity contribution in [2.45, 2.75) is 58.5 Å². The fourth-order valence-electron chi connectivity index (χ4n) is 2.18. The molecule has 0 aromatic heterocycles. The van der Waals surface area contributed by atoms with Gasteiger partial charge in [-0.2, -0.15) is 0 Å². The van der Waals surface area contributed by atoms with Crippen LogP contribution in [0.1, 0.15) is 46.5 Å². The Labute approximate surface area is 97.4 Å². The minimum Gasteiger partial charge on any atom is -0.303 e. The Kier molecular flexibility index (Phi) is 4.93. The monoisotopic (exact) mass is 226 g/mol. The van der Waals surface area contributed by atoms with Crippen LogP contribution in [0.5, 0.6) is 0 Å². The third kappa shape index (κ3) is 2.82. The molecule has 0 bridgehead atoms. The molecular formula is C12H22N2O2. The first-order valence-corrected chi connectivity index (χ1v) is 6.24. The summed E-state index contributed by atoms with van der Waals surface area (Å²) in [6.45, 7) is 6.55. The van der Waals surface area contributed by atoms with Crippen LogP contribution in [-0.4, -0.2) is 35.3 Å². The minimum absolute atomic E-state index is 0.0450. The van der Waals surface area contributed by atoms with Crippen LogP contribution in [0.4, 0.5) is 0 Å².